The standard InChI is InChI=1S/C14H23BrN4O/c1-3-7-16-13-12(15)14(18-10-17-13)19-8-5-11(6-9-19)20-4-2/h10-11H,3-9H2,1-2H3,(H,16,17,18). The van der Waals surface area contributed by atoms with Crippen LogP contribution in [-0.2, 0) is 4.74 Å². The van der Waals surface area contributed by atoms with Gasteiger partial charge in [-0.1, -0.05) is 6.92 Å². The maximum Gasteiger partial charge on any atom is 0.148 e. The lowest BCUT2D eigenvalue weighted by molar-refractivity contribution is 0.0458. The maximum atomic E-state index is 5.69. The zero-order chi connectivity index (χ0) is 14.4. The number of ether oxygens (including phenoxy) is 1. The number of halogens is 1. The molecule has 1 fully saturated rings. The summed E-state index contributed by atoms with van der Waals surface area (Å²) in [5.74, 6) is 1.86. The normalized spacial score (nSPS) is 16.4. The highest BCUT2D eigenvalue weighted by Crippen LogP contribution is 2.31. The van der Waals surface area contributed by atoms with Crippen molar-refractivity contribution in [2.24, 2.45) is 0 Å². The molecule has 0 aliphatic carbocycles. The first-order valence-corrected chi connectivity index (χ1v) is 8.16. The highest BCUT2D eigenvalue weighted by Gasteiger charge is 2.22. The Kier molecular flexibility index (Phi) is 6.04. The van der Waals surface area contributed by atoms with Gasteiger partial charge in [0.25, 0.3) is 0 Å². The third-order valence-electron chi connectivity index (χ3n) is 3.46. The molecule has 2 heterocycles. The molecule has 1 aromatic heterocycles. The van der Waals surface area contributed by atoms with Gasteiger partial charge in [-0.15, -0.1) is 0 Å². The molecule has 1 aliphatic heterocycles. The smallest absolute Gasteiger partial charge is 0.148 e. The largest absolute Gasteiger partial charge is 0.378 e. The van der Waals surface area contributed by atoms with Crippen LogP contribution in [-0.4, -0.2) is 42.3 Å². The Morgan fingerprint density at radius 2 is 2.10 bits per heavy atom. The van der Waals surface area contributed by atoms with Gasteiger partial charge >= 0.3 is 0 Å². The predicted octanol–water partition coefficient (Wildman–Crippen LogP) is 3.07. The van der Waals surface area contributed by atoms with Crippen LogP contribution in [0.25, 0.3) is 0 Å². The first-order valence-electron chi connectivity index (χ1n) is 7.37. The Morgan fingerprint density at radius 1 is 1.35 bits per heavy atom. The van der Waals surface area contributed by atoms with Crippen molar-refractivity contribution in [3.63, 3.8) is 0 Å². The second kappa shape index (κ2) is 7.78. The average molecular weight is 343 g/mol. The van der Waals surface area contributed by atoms with Gasteiger partial charge in [0.1, 0.15) is 22.4 Å². The van der Waals surface area contributed by atoms with E-state index in [9.17, 15) is 0 Å². The quantitative estimate of drug-likeness (QED) is 0.860. The van der Waals surface area contributed by atoms with E-state index in [4.69, 9.17) is 4.74 Å². The summed E-state index contributed by atoms with van der Waals surface area (Å²) in [5, 5.41) is 3.32. The topological polar surface area (TPSA) is 50.3 Å². The van der Waals surface area contributed by atoms with Gasteiger partial charge < -0.3 is 15.0 Å². The fraction of sp³-hybridized carbons (Fsp3) is 0.714. The van der Waals surface area contributed by atoms with Gasteiger partial charge in [-0.25, -0.2) is 9.97 Å². The van der Waals surface area contributed by atoms with Crippen LogP contribution in [0.5, 0.6) is 0 Å². The monoisotopic (exact) mass is 342 g/mol. The Hall–Kier alpha value is -0.880. The molecule has 1 saturated heterocycles. The summed E-state index contributed by atoms with van der Waals surface area (Å²) in [5.41, 5.74) is 0. The van der Waals surface area contributed by atoms with Crippen LogP contribution in [0, 0.1) is 0 Å². The molecule has 1 N–H and O–H groups in total. The summed E-state index contributed by atoms with van der Waals surface area (Å²) in [6.07, 6.45) is 5.22. The lowest BCUT2D eigenvalue weighted by atomic mass is 10.1. The number of rotatable bonds is 6. The number of hydrogen-bond donors (Lipinski definition) is 1. The first-order chi connectivity index (χ1) is 9.76. The highest BCUT2D eigenvalue weighted by molar-refractivity contribution is 9.10. The van der Waals surface area contributed by atoms with Gasteiger partial charge in [0.15, 0.2) is 0 Å². The summed E-state index contributed by atoms with van der Waals surface area (Å²) >= 11 is 3.63. The Balaban J connectivity index is 2.02. The minimum Gasteiger partial charge on any atom is -0.378 e. The van der Waals surface area contributed by atoms with Crippen LogP contribution in [0.2, 0.25) is 0 Å². The molecule has 1 aromatic rings. The summed E-state index contributed by atoms with van der Waals surface area (Å²) in [4.78, 5) is 11.0. The van der Waals surface area contributed by atoms with Crippen LogP contribution in [0.15, 0.2) is 10.8 Å². The van der Waals surface area contributed by atoms with E-state index in [2.05, 4.69) is 50.0 Å². The average Bonchev–Trinajstić information content (AvgIpc) is 2.48. The minimum absolute atomic E-state index is 0.398. The van der Waals surface area contributed by atoms with E-state index >= 15 is 0 Å². The van der Waals surface area contributed by atoms with Crippen molar-refractivity contribution in [2.45, 2.75) is 39.2 Å². The third-order valence-corrected chi connectivity index (χ3v) is 4.19. The van der Waals surface area contributed by atoms with Crippen molar-refractivity contribution in [1.29, 1.82) is 0 Å². The lowest BCUT2D eigenvalue weighted by Gasteiger charge is -2.33. The second-order valence-corrected chi connectivity index (χ2v) is 5.72. The number of nitrogens with zero attached hydrogens (tertiary/aromatic N) is 3. The van der Waals surface area contributed by atoms with Gasteiger partial charge in [0.05, 0.1) is 6.10 Å². The molecule has 112 valence electrons. The number of piperidine rings is 1. The molecule has 0 atom stereocenters. The van der Waals surface area contributed by atoms with Crippen molar-refractivity contribution in [3.8, 4) is 0 Å². The van der Waals surface area contributed by atoms with E-state index in [1.54, 1.807) is 6.33 Å². The molecule has 2 rings (SSSR count). The molecule has 0 unspecified atom stereocenters. The molecule has 0 amide bonds. The van der Waals surface area contributed by atoms with Crippen LogP contribution >= 0.6 is 15.9 Å². The molecule has 0 saturated carbocycles. The predicted molar refractivity (Wildman–Crippen MR) is 85.4 cm³/mol. The second-order valence-electron chi connectivity index (χ2n) is 4.93. The van der Waals surface area contributed by atoms with E-state index < -0.39 is 0 Å². The van der Waals surface area contributed by atoms with Gasteiger partial charge in [-0.05, 0) is 42.1 Å². The maximum absolute atomic E-state index is 5.69. The fourth-order valence-electron chi connectivity index (χ4n) is 2.42. The minimum atomic E-state index is 0.398. The van der Waals surface area contributed by atoms with E-state index in [0.717, 1.165) is 61.6 Å². The van der Waals surface area contributed by atoms with Gasteiger partial charge in [0, 0.05) is 26.2 Å². The van der Waals surface area contributed by atoms with Gasteiger partial charge in [-0.3, -0.25) is 0 Å². The van der Waals surface area contributed by atoms with Crippen LogP contribution in [0.3, 0.4) is 0 Å². The van der Waals surface area contributed by atoms with E-state index in [-0.39, 0.29) is 0 Å². The lowest BCUT2D eigenvalue weighted by Crippen LogP contribution is -2.37. The molecular formula is C14H23BrN4O. The van der Waals surface area contributed by atoms with Gasteiger partial charge in [-0.2, -0.15) is 0 Å². The molecule has 0 spiro atoms. The Morgan fingerprint density at radius 3 is 2.75 bits per heavy atom. The highest BCUT2D eigenvalue weighted by atomic mass is 79.9. The van der Waals surface area contributed by atoms with Crippen molar-refractivity contribution in [1.82, 2.24) is 9.97 Å². The number of aromatic nitrogens is 2. The molecule has 1 aliphatic rings. The SMILES string of the molecule is CCCNc1ncnc(N2CCC(OCC)CC2)c1Br. The van der Waals surface area contributed by atoms with Crippen LogP contribution < -0.4 is 10.2 Å². The molecule has 20 heavy (non-hydrogen) atoms. The summed E-state index contributed by atoms with van der Waals surface area (Å²) in [6.45, 7) is 7.87. The van der Waals surface area contributed by atoms with E-state index in [0.29, 0.717) is 6.10 Å². The van der Waals surface area contributed by atoms with Crippen LogP contribution in [0.1, 0.15) is 33.1 Å². The zero-order valence-corrected chi connectivity index (χ0v) is 13.8. The number of nitrogens with one attached hydrogen (secondary N) is 1. The molecule has 6 heteroatoms. The molecule has 0 bridgehead atoms. The van der Waals surface area contributed by atoms with E-state index in [1.807, 2.05) is 0 Å². The number of anilines is 2. The summed E-state index contributed by atoms with van der Waals surface area (Å²) in [6, 6.07) is 0. The van der Waals surface area contributed by atoms with E-state index in [1.165, 1.54) is 0 Å². The summed E-state index contributed by atoms with van der Waals surface area (Å²) < 4.78 is 6.65. The van der Waals surface area contributed by atoms with Crippen molar-refractivity contribution >= 4 is 27.6 Å². The molecule has 0 aromatic carbocycles. The Bertz CT molecular complexity index is 422. The molecule has 0 radical (unpaired) electrons. The zero-order valence-electron chi connectivity index (χ0n) is 12.2. The first kappa shape index (κ1) is 15.5. The molecular weight excluding hydrogens is 320 g/mol. The Labute approximate surface area is 129 Å². The van der Waals surface area contributed by atoms with Crippen molar-refractivity contribution < 1.29 is 4.74 Å². The third kappa shape index (κ3) is 3.82. The van der Waals surface area contributed by atoms with Crippen LogP contribution in [0.4, 0.5) is 11.6 Å². The number of hydrogen-bond acceptors (Lipinski definition) is 5. The fourth-order valence-corrected chi connectivity index (χ4v) is 3.01. The van der Waals surface area contributed by atoms with Crippen molar-refractivity contribution in [3.05, 3.63) is 10.8 Å². The molecule has 5 nitrogen and oxygen atoms in total. The van der Waals surface area contributed by atoms with Crippen molar-refractivity contribution in [2.75, 3.05) is 36.5 Å². The summed E-state index contributed by atoms with van der Waals surface area (Å²) in [7, 11) is 0. The van der Waals surface area contributed by atoms with Gasteiger partial charge in [0.2, 0.25) is 0 Å².